The maximum absolute atomic E-state index is 10.3. The quantitative estimate of drug-likeness (QED) is 0.775. The van der Waals surface area contributed by atoms with E-state index in [9.17, 15) is 5.11 Å². The molecule has 0 saturated carbocycles. The summed E-state index contributed by atoms with van der Waals surface area (Å²) < 4.78 is 1.60. The molecule has 1 aliphatic rings. The molecule has 14 heavy (non-hydrogen) atoms. The number of hydrogen-bond donors (Lipinski definition) is 2. The number of aromatic nitrogens is 1. The van der Waals surface area contributed by atoms with Crippen molar-refractivity contribution in [2.75, 3.05) is 13.1 Å². The Morgan fingerprint density at radius 3 is 2.93 bits per heavy atom. The number of pyridine rings is 1. The molecule has 0 amide bonds. The van der Waals surface area contributed by atoms with Gasteiger partial charge in [0.25, 0.3) is 0 Å². The predicted molar refractivity (Wildman–Crippen MR) is 61.0 cm³/mol. The zero-order valence-electron chi connectivity index (χ0n) is 7.43. The second kappa shape index (κ2) is 3.89. The van der Waals surface area contributed by atoms with Crippen LogP contribution in [0.1, 0.15) is 12.0 Å². The van der Waals surface area contributed by atoms with E-state index in [0.29, 0.717) is 6.54 Å². The molecular formula is C9H10Br2N2O. The van der Waals surface area contributed by atoms with Crippen LogP contribution in [0, 0.1) is 0 Å². The second-order valence-electron chi connectivity index (χ2n) is 3.45. The predicted octanol–water partition coefficient (Wildman–Crippen LogP) is 1.79. The molecule has 1 fully saturated rings. The molecule has 1 aromatic rings. The average molecular weight is 322 g/mol. The lowest BCUT2D eigenvalue weighted by atomic mass is 9.94. The van der Waals surface area contributed by atoms with Crippen molar-refractivity contribution < 1.29 is 5.11 Å². The highest BCUT2D eigenvalue weighted by Gasteiger charge is 2.34. The Labute approximate surface area is 99.2 Å². The van der Waals surface area contributed by atoms with Gasteiger partial charge < -0.3 is 10.4 Å². The number of hydrogen-bond acceptors (Lipinski definition) is 3. The third-order valence-corrected chi connectivity index (χ3v) is 3.52. The average Bonchev–Trinajstić information content (AvgIpc) is 2.58. The van der Waals surface area contributed by atoms with Crippen molar-refractivity contribution in [3.8, 4) is 0 Å². The minimum absolute atomic E-state index is 0.599. The minimum atomic E-state index is -0.760. The van der Waals surface area contributed by atoms with Crippen molar-refractivity contribution in [3.63, 3.8) is 0 Å². The van der Waals surface area contributed by atoms with Crippen molar-refractivity contribution in [2.45, 2.75) is 12.0 Å². The van der Waals surface area contributed by atoms with Crippen LogP contribution in [-0.2, 0) is 5.60 Å². The molecule has 1 aliphatic heterocycles. The lowest BCUT2D eigenvalue weighted by Crippen LogP contribution is -2.28. The number of halogens is 2. The van der Waals surface area contributed by atoms with E-state index in [-0.39, 0.29) is 0 Å². The van der Waals surface area contributed by atoms with Gasteiger partial charge >= 0.3 is 0 Å². The largest absolute Gasteiger partial charge is 0.384 e. The van der Waals surface area contributed by atoms with Crippen molar-refractivity contribution in [1.29, 1.82) is 0 Å². The molecule has 0 aromatic carbocycles. The third kappa shape index (κ3) is 1.86. The molecule has 1 aromatic heterocycles. The SMILES string of the molecule is OC1(c2cc(Br)ncc2Br)CCNC1. The van der Waals surface area contributed by atoms with Gasteiger partial charge in [0.2, 0.25) is 0 Å². The summed E-state index contributed by atoms with van der Waals surface area (Å²) in [4.78, 5) is 4.08. The van der Waals surface area contributed by atoms with E-state index in [0.717, 1.165) is 27.6 Å². The van der Waals surface area contributed by atoms with Gasteiger partial charge in [-0.25, -0.2) is 4.98 Å². The molecule has 0 radical (unpaired) electrons. The van der Waals surface area contributed by atoms with Crippen molar-refractivity contribution in [3.05, 3.63) is 26.9 Å². The Bertz CT molecular complexity index is 351. The third-order valence-electron chi connectivity index (χ3n) is 2.46. The van der Waals surface area contributed by atoms with Gasteiger partial charge in [-0.05, 0) is 50.9 Å². The van der Waals surface area contributed by atoms with Gasteiger partial charge in [0, 0.05) is 22.8 Å². The molecule has 0 spiro atoms. The summed E-state index contributed by atoms with van der Waals surface area (Å²) in [5, 5.41) is 13.5. The van der Waals surface area contributed by atoms with Crippen molar-refractivity contribution >= 4 is 31.9 Å². The van der Waals surface area contributed by atoms with Gasteiger partial charge in [-0.2, -0.15) is 0 Å². The van der Waals surface area contributed by atoms with E-state index in [4.69, 9.17) is 0 Å². The standard InChI is InChI=1S/C9H10Br2N2O/c10-7-4-13-8(11)3-6(7)9(14)1-2-12-5-9/h3-4,12,14H,1-2,5H2. The zero-order chi connectivity index (χ0) is 10.2. The Kier molecular flexibility index (Phi) is 2.93. The molecule has 1 unspecified atom stereocenters. The summed E-state index contributed by atoms with van der Waals surface area (Å²) in [5.41, 5.74) is 0.133. The van der Waals surface area contributed by atoms with Crippen molar-refractivity contribution in [2.24, 2.45) is 0 Å². The molecule has 2 N–H and O–H groups in total. The summed E-state index contributed by atoms with van der Waals surface area (Å²) in [7, 11) is 0. The highest BCUT2D eigenvalue weighted by Crippen LogP contribution is 2.33. The first kappa shape index (κ1) is 10.5. The lowest BCUT2D eigenvalue weighted by Gasteiger charge is -2.23. The number of rotatable bonds is 1. The van der Waals surface area contributed by atoms with E-state index in [1.165, 1.54) is 0 Å². The fraction of sp³-hybridized carbons (Fsp3) is 0.444. The molecule has 5 heteroatoms. The Balaban J connectivity index is 2.44. The Hall–Kier alpha value is 0.0300. The van der Waals surface area contributed by atoms with E-state index < -0.39 is 5.60 Å². The lowest BCUT2D eigenvalue weighted by molar-refractivity contribution is 0.0578. The minimum Gasteiger partial charge on any atom is -0.384 e. The van der Waals surface area contributed by atoms with Crippen LogP contribution in [-0.4, -0.2) is 23.2 Å². The maximum Gasteiger partial charge on any atom is 0.106 e. The zero-order valence-corrected chi connectivity index (χ0v) is 10.6. The first-order chi connectivity index (χ1) is 6.62. The van der Waals surface area contributed by atoms with Crippen molar-refractivity contribution in [1.82, 2.24) is 10.3 Å². The highest BCUT2D eigenvalue weighted by atomic mass is 79.9. The molecule has 1 atom stereocenters. The van der Waals surface area contributed by atoms with Crippen LogP contribution in [0.2, 0.25) is 0 Å². The normalized spacial score (nSPS) is 26.8. The first-order valence-corrected chi connectivity index (χ1v) is 5.95. The van der Waals surface area contributed by atoms with Crippen LogP contribution in [0.4, 0.5) is 0 Å². The summed E-state index contributed by atoms with van der Waals surface area (Å²) in [6, 6.07) is 1.86. The number of nitrogens with zero attached hydrogens (tertiary/aromatic N) is 1. The molecular weight excluding hydrogens is 312 g/mol. The fourth-order valence-electron chi connectivity index (χ4n) is 1.68. The monoisotopic (exact) mass is 320 g/mol. The van der Waals surface area contributed by atoms with Crippen LogP contribution >= 0.6 is 31.9 Å². The van der Waals surface area contributed by atoms with E-state index in [1.54, 1.807) is 6.20 Å². The molecule has 76 valence electrons. The molecule has 2 rings (SSSR count). The molecule has 1 saturated heterocycles. The summed E-state index contributed by atoms with van der Waals surface area (Å²) >= 11 is 6.71. The molecule has 0 bridgehead atoms. The van der Waals surface area contributed by atoms with Crippen LogP contribution in [0.15, 0.2) is 21.3 Å². The van der Waals surface area contributed by atoms with Gasteiger partial charge in [-0.15, -0.1) is 0 Å². The fourth-order valence-corrected chi connectivity index (χ4v) is 2.60. The maximum atomic E-state index is 10.3. The second-order valence-corrected chi connectivity index (χ2v) is 5.11. The van der Waals surface area contributed by atoms with E-state index in [1.807, 2.05) is 6.07 Å². The van der Waals surface area contributed by atoms with Gasteiger partial charge in [-0.3, -0.25) is 0 Å². The van der Waals surface area contributed by atoms with Crippen LogP contribution in [0.25, 0.3) is 0 Å². The molecule has 3 nitrogen and oxygen atoms in total. The van der Waals surface area contributed by atoms with Crippen LogP contribution in [0.3, 0.4) is 0 Å². The topological polar surface area (TPSA) is 45.2 Å². The summed E-state index contributed by atoms with van der Waals surface area (Å²) in [5.74, 6) is 0. The van der Waals surface area contributed by atoms with Crippen LogP contribution < -0.4 is 5.32 Å². The summed E-state index contributed by atoms with van der Waals surface area (Å²) in [6.07, 6.45) is 2.44. The van der Waals surface area contributed by atoms with Gasteiger partial charge in [0.05, 0.1) is 0 Å². The smallest absolute Gasteiger partial charge is 0.106 e. The van der Waals surface area contributed by atoms with Gasteiger partial charge in [0.15, 0.2) is 0 Å². The number of β-amino-alcohol motifs (C(OH)–C–C–N with tert-alkyl or cyclic N) is 1. The van der Waals surface area contributed by atoms with Crippen LogP contribution in [0.5, 0.6) is 0 Å². The van der Waals surface area contributed by atoms with Gasteiger partial charge in [-0.1, -0.05) is 0 Å². The van der Waals surface area contributed by atoms with E-state index in [2.05, 4.69) is 42.2 Å². The van der Waals surface area contributed by atoms with E-state index >= 15 is 0 Å². The summed E-state index contributed by atoms with van der Waals surface area (Å²) in [6.45, 7) is 1.45. The molecule has 0 aliphatic carbocycles. The van der Waals surface area contributed by atoms with Gasteiger partial charge in [0.1, 0.15) is 10.2 Å². The number of aliphatic hydroxyl groups is 1. The molecule has 2 heterocycles. The Morgan fingerprint density at radius 1 is 1.50 bits per heavy atom. The highest BCUT2D eigenvalue weighted by molar-refractivity contribution is 9.11. The number of nitrogens with one attached hydrogen (secondary N) is 1. The Morgan fingerprint density at radius 2 is 2.29 bits per heavy atom. The first-order valence-electron chi connectivity index (χ1n) is 4.36.